The Morgan fingerprint density at radius 1 is 1.38 bits per heavy atom. The summed E-state index contributed by atoms with van der Waals surface area (Å²) in [4.78, 5) is -0.383. The molecule has 0 amide bonds. The van der Waals surface area contributed by atoms with Gasteiger partial charge in [-0.15, -0.1) is 0 Å². The van der Waals surface area contributed by atoms with Gasteiger partial charge >= 0.3 is 0 Å². The lowest BCUT2D eigenvalue weighted by atomic mass is 10.3. The number of sulfonamides is 1. The molecule has 16 heavy (non-hydrogen) atoms. The van der Waals surface area contributed by atoms with Crippen molar-refractivity contribution >= 4 is 10.0 Å². The first kappa shape index (κ1) is 13.0. The normalized spacial score (nSPS) is 13.8. The number of hydrogen-bond acceptors (Lipinski definition) is 3. The van der Waals surface area contributed by atoms with Gasteiger partial charge in [0.15, 0.2) is 11.6 Å². The maximum Gasteiger partial charge on any atom is 0.240 e. The third-order valence-corrected chi connectivity index (χ3v) is 3.42. The molecule has 0 bridgehead atoms. The summed E-state index contributed by atoms with van der Waals surface area (Å²) in [6, 6.07) is 1.57. The fraction of sp³-hybridized carbons (Fsp3) is 0.333. The van der Waals surface area contributed by atoms with Gasteiger partial charge in [-0.25, -0.2) is 21.9 Å². The van der Waals surface area contributed by atoms with E-state index in [1.807, 2.05) is 0 Å². The van der Waals surface area contributed by atoms with Gasteiger partial charge in [0.25, 0.3) is 0 Å². The lowest BCUT2D eigenvalue weighted by Crippen LogP contribution is -2.35. The van der Waals surface area contributed by atoms with Gasteiger partial charge in [-0.3, -0.25) is 0 Å². The molecule has 1 atom stereocenters. The number of hydrogen-bond donors (Lipinski definition) is 2. The van der Waals surface area contributed by atoms with Gasteiger partial charge in [0, 0.05) is 6.04 Å². The van der Waals surface area contributed by atoms with E-state index in [0.29, 0.717) is 6.07 Å². The lowest BCUT2D eigenvalue weighted by Gasteiger charge is -2.11. The lowest BCUT2D eigenvalue weighted by molar-refractivity contribution is 0.265. The van der Waals surface area contributed by atoms with Crippen molar-refractivity contribution in [3.63, 3.8) is 0 Å². The van der Waals surface area contributed by atoms with E-state index < -0.39 is 27.7 Å². The molecule has 1 rings (SSSR count). The topological polar surface area (TPSA) is 66.4 Å². The zero-order chi connectivity index (χ0) is 12.3. The van der Waals surface area contributed by atoms with Crippen LogP contribution in [0.3, 0.4) is 0 Å². The van der Waals surface area contributed by atoms with E-state index in [1.54, 1.807) is 0 Å². The molecule has 0 heterocycles. The number of aliphatic hydroxyl groups excluding tert-OH is 1. The van der Waals surface area contributed by atoms with Crippen LogP contribution in [0.4, 0.5) is 8.78 Å². The Morgan fingerprint density at radius 2 is 2.00 bits per heavy atom. The summed E-state index contributed by atoms with van der Waals surface area (Å²) < 4.78 is 50.6. The molecule has 1 unspecified atom stereocenters. The van der Waals surface area contributed by atoms with Crippen LogP contribution in [0.25, 0.3) is 0 Å². The first-order chi connectivity index (χ1) is 7.36. The van der Waals surface area contributed by atoms with Gasteiger partial charge in [-0.05, 0) is 25.1 Å². The number of benzene rings is 1. The van der Waals surface area contributed by atoms with Crippen molar-refractivity contribution in [1.29, 1.82) is 0 Å². The van der Waals surface area contributed by atoms with Crippen LogP contribution in [0.2, 0.25) is 0 Å². The van der Waals surface area contributed by atoms with E-state index in [2.05, 4.69) is 4.72 Å². The van der Waals surface area contributed by atoms with Crippen LogP contribution in [0, 0.1) is 11.6 Å². The smallest absolute Gasteiger partial charge is 0.240 e. The molecule has 2 N–H and O–H groups in total. The SMILES string of the molecule is CC(CO)NS(=O)(=O)c1ccc(F)c(F)c1. The predicted octanol–water partition coefficient (Wildman–Crippen LogP) is 0.624. The van der Waals surface area contributed by atoms with Crippen molar-refractivity contribution in [2.45, 2.75) is 17.9 Å². The van der Waals surface area contributed by atoms with Crippen LogP contribution in [0.15, 0.2) is 23.1 Å². The first-order valence-electron chi connectivity index (χ1n) is 4.45. The molecule has 0 radical (unpaired) electrons. The Labute approximate surface area is 92.0 Å². The van der Waals surface area contributed by atoms with Crippen LogP contribution in [-0.4, -0.2) is 26.2 Å². The summed E-state index contributed by atoms with van der Waals surface area (Å²) in [5.41, 5.74) is 0. The van der Waals surface area contributed by atoms with E-state index >= 15 is 0 Å². The minimum absolute atomic E-state index is 0.383. The van der Waals surface area contributed by atoms with Gasteiger partial charge < -0.3 is 5.11 Å². The monoisotopic (exact) mass is 251 g/mol. The molecule has 0 spiro atoms. The number of rotatable bonds is 4. The first-order valence-corrected chi connectivity index (χ1v) is 5.93. The van der Waals surface area contributed by atoms with Crippen molar-refractivity contribution in [3.8, 4) is 0 Å². The second-order valence-electron chi connectivity index (χ2n) is 3.28. The summed E-state index contributed by atoms with van der Waals surface area (Å²) in [5.74, 6) is -2.35. The summed E-state index contributed by atoms with van der Waals surface area (Å²) in [6.07, 6.45) is 0. The van der Waals surface area contributed by atoms with Gasteiger partial charge in [0.2, 0.25) is 10.0 Å². The molecular formula is C9H11F2NO3S. The van der Waals surface area contributed by atoms with Gasteiger partial charge in [-0.1, -0.05) is 0 Å². The second-order valence-corrected chi connectivity index (χ2v) is 4.99. The Bertz CT molecular complexity index is 476. The van der Waals surface area contributed by atoms with Crippen LogP contribution < -0.4 is 4.72 Å². The van der Waals surface area contributed by atoms with Gasteiger partial charge in [0.05, 0.1) is 11.5 Å². The fourth-order valence-electron chi connectivity index (χ4n) is 1.01. The molecule has 4 nitrogen and oxygen atoms in total. The highest BCUT2D eigenvalue weighted by Crippen LogP contribution is 2.13. The summed E-state index contributed by atoms with van der Waals surface area (Å²) >= 11 is 0. The number of aliphatic hydroxyl groups is 1. The van der Waals surface area contributed by atoms with Crippen molar-refractivity contribution in [2.75, 3.05) is 6.61 Å². The largest absolute Gasteiger partial charge is 0.395 e. The maximum absolute atomic E-state index is 12.8. The molecule has 1 aromatic carbocycles. The molecule has 0 fully saturated rings. The highest BCUT2D eigenvalue weighted by Gasteiger charge is 2.18. The van der Waals surface area contributed by atoms with E-state index in [-0.39, 0.29) is 11.5 Å². The number of halogens is 2. The molecule has 0 saturated heterocycles. The van der Waals surface area contributed by atoms with E-state index in [0.717, 1.165) is 12.1 Å². The Hall–Kier alpha value is -1.05. The molecule has 0 aliphatic carbocycles. The molecule has 7 heteroatoms. The molecule has 0 aromatic heterocycles. The van der Waals surface area contributed by atoms with E-state index in [1.165, 1.54) is 6.92 Å². The quantitative estimate of drug-likeness (QED) is 0.824. The molecule has 90 valence electrons. The van der Waals surface area contributed by atoms with Crippen molar-refractivity contribution in [2.24, 2.45) is 0 Å². The maximum atomic E-state index is 12.8. The van der Waals surface area contributed by atoms with Gasteiger partial charge in [0.1, 0.15) is 0 Å². The van der Waals surface area contributed by atoms with Crippen LogP contribution in [-0.2, 0) is 10.0 Å². The summed E-state index contributed by atoms with van der Waals surface area (Å²) in [5, 5.41) is 8.68. The van der Waals surface area contributed by atoms with Crippen LogP contribution in [0.1, 0.15) is 6.92 Å². The van der Waals surface area contributed by atoms with Crippen molar-refractivity contribution in [1.82, 2.24) is 4.72 Å². The molecule has 1 aromatic rings. The average molecular weight is 251 g/mol. The zero-order valence-corrected chi connectivity index (χ0v) is 9.26. The minimum atomic E-state index is -3.93. The van der Waals surface area contributed by atoms with Crippen molar-refractivity contribution < 1.29 is 22.3 Å². The molecule has 0 aliphatic heterocycles. The third kappa shape index (κ3) is 2.97. The Kier molecular flexibility index (Phi) is 3.95. The highest BCUT2D eigenvalue weighted by molar-refractivity contribution is 7.89. The standard InChI is InChI=1S/C9H11F2NO3S/c1-6(5-13)12-16(14,15)7-2-3-8(10)9(11)4-7/h2-4,6,12-13H,5H2,1H3. The predicted molar refractivity (Wildman–Crippen MR) is 53.2 cm³/mol. The zero-order valence-electron chi connectivity index (χ0n) is 8.44. The van der Waals surface area contributed by atoms with E-state index in [4.69, 9.17) is 5.11 Å². The molecule has 0 aliphatic rings. The molecule has 0 saturated carbocycles. The Morgan fingerprint density at radius 3 is 2.50 bits per heavy atom. The summed E-state index contributed by atoms with van der Waals surface area (Å²) in [7, 11) is -3.93. The molecular weight excluding hydrogens is 240 g/mol. The Balaban J connectivity index is 3.03. The van der Waals surface area contributed by atoms with Crippen LogP contribution in [0.5, 0.6) is 0 Å². The van der Waals surface area contributed by atoms with Crippen molar-refractivity contribution in [3.05, 3.63) is 29.8 Å². The average Bonchev–Trinajstić information content (AvgIpc) is 2.21. The number of nitrogens with one attached hydrogen (secondary N) is 1. The van der Waals surface area contributed by atoms with E-state index in [9.17, 15) is 17.2 Å². The fourth-order valence-corrected chi connectivity index (χ4v) is 2.26. The minimum Gasteiger partial charge on any atom is -0.395 e. The summed E-state index contributed by atoms with van der Waals surface area (Å²) in [6.45, 7) is 1.06. The van der Waals surface area contributed by atoms with Crippen LogP contribution >= 0.6 is 0 Å². The van der Waals surface area contributed by atoms with Gasteiger partial charge in [-0.2, -0.15) is 0 Å². The second kappa shape index (κ2) is 4.86. The highest BCUT2D eigenvalue weighted by atomic mass is 32.2. The third-order valence-electron chi connectivity index (χ3n) is 1.83.